The van der Waals surface area contributed by atoms with Gasteiger partial charge in [-0.25, -0.2) is 0 Å². The van der Waals surface area contributed by atoms with E-state index in [9.17, 15) is 9.59 Å². The third-order valence-electron chi connectivity index (χ3n) is 7.04. The fraction of sp³-hybridized carbons (Fsp3) is 0.533. The van der Waals surface area contributed by atoms with Crippen LogP contribution in [0.5, 0.6) is 0 Å². The van der Waals surface area contributed by atoms with Crippen molar-refractivity contribution in [3.05, 3.63) is 65.2 Å². The molecule has 0 saturated carbocycles. The Balaban J connectivity index is 1.39. The number of rotatable bonds is 13. The SMILES string of the molecule is CCC(=O)N(CCCCCCCCCc1ccccc1)C1CCc2c(cccc2NC(C)=O)C1. The molecule has 1 atom stereocenters. The number of hydrogen-bond donors (Lipinski definition) is 1. The van der Waals surface area contributed by atoms with Crippen LogP contribution in [0.3, 0.4) is 0 Å². The highest BCUT2D eigenvalue weighted by molar-refractivity contribution is 5.89. The van der Waals surface area contributed by atoms with E-state index in [2.05, 4.69) is 46.6 Å². The van der Waals surface area contributed by atoms with Crippen molar-refractivity contribution in [3.63, 3.8) is 0 Å². The molecule has 0 fully saturated rings. The Kier molecular flexibility index (Phi) is 10.7. The smallest absolute Gasteiger partial charge is 0.222 e. The minimum atomic E-state index is -0.0329. The van der Waals surface area contributed by atoms with Gasteiger partial charge in [0, 0.05) is 31.6 Å². The highest BCUT2D eigenvalue weighted by atomic mass is 16.2. The molecule has 1 aliphatic rings. The maximum Gasteiger partial charge on any atom is 0.222 e. The molecule has 1 N–H and O–H groups in total. The van der Waals surface area contributed by atoms with Gasteiger partial charge in [-0.1, -0.05) is 81.5 Å². The zero-order valence-electron chi connectivity index (χ0n) is 21.2. The van der Waals surface area contributed by atoms with Crippen molar-refractivity contribution in [2.75, 3.05) is 11.9 Å². The van der Waals surface area contributed by atoms with Crippen molar-refractivity contribution < 1.29 is 9.59 Å². The number of fused-ring (bicyclic) bond motifs is 1. The average Bonchev–Trinajstić information content (AvgIpc) is 2.85. The number of carbonyl (C=O) groups is 2. The minimum Gasteiger partial charge on any atom is -0.339 e. The molecule has 4 nitrogen and oxygen atoms in total. The third kappa shape index (κ3) is 8.00. The van der Waals surface area contributed by atoms with Crippen molar-refractivity contribution >= 4 is 17.5 Å². The van der Waals surface area contributed by atoms with E-state index in [1.54, 1.807) is 6.92 Å². The second kappa shape index (κ2) is 13.9. The Morgan fingerprint density at radius 3 is 2.32 bits per heavy atom. The van der Waals surface area contributed by atoms with Crippen LogP contribution in [-0.4, -0.2) is 29.3 Å². The monoisotopic (exact) mass is 462 g/mol. The van der Waals surface area contributed by atoms with Crippen LogP contribution in [0.1, 0.15) is 88.3 Å². The van der Waals surface area contributed by atoms with E-state index in [1.807, 2.05) is 19.1 Å². The average molecular weight is 463 g/mol. The van der Waals surface area contributed by atoms with Crippen LogP contribution in [0.4, 0.5) is 5.69 Å². The number of hydrogen-bond acceptors (Lipinski definition) is 2. The molecule has 4 heteroatoms. The summed E-state index contributed by atoms with van der Waals surface area (Å²) >= 11 is 0. The summed E-state index contributed by atoms with van der Waals surface area (Å²) in [5.74, 6) is 0.238. The van der Waals surface area contributed by atoms with Gasteiger partial charge in [0.2, 0.25) is 11.8 Å². The molecule has 3 rings (SSSR count). The summed E-state index contributed by atoms with van der Waals surface area (Å²) in [5, 5.41) is 2.97. The van der Waals surface area contributed by atoms with Gasteiger partial charge in [0.15, 0.2) is 0 Å². The molecule has 2 aromatic carbocycles. The molecule has 0 aromatic heterocycles. The first-order valence-corrected chi connectivity index (χ1v) is 13.3. The van der Waals surface area contributed by atoms with E-state index in [0.717, 1.165) is 37.9 Å². The number of anilines is 1. The summed E-state index contributed by atoms with van der Waals surface area (Å²) in [6.07, 6.45) is 13.2. The van der Waals surface area contributed by atoms with Crippen molar-refractivity contribution in [2.45, 2.75) is 96.9 Å². The number of amides is 2. The Morgan fingerprint density at radius 1 is 0.912 bits per heavy atom. The first-order valence-electron chi connectivity index (χ1n) is 13.3. The Labute approximate surface area is 206 Å². The Hall–Kier alpha value is -2.62. The van der Waals surface area contributed by atoms with Gasteiger partial charge in [-0.15, -0.1) is 0 Å². The predicted octanol–water partition coefficient (Wildman–Crippen LogP) is 6.71. The second-order valence-corrected chi connectivity index (χ2v) is 9.67. The highest BCUT2D eigenvalue weighted by Gasteiger charge is 2.27. The van der Waals surface area contributed by atoms with Gasteiger partial charge in [0.25, 0.3) is 0 Å². The fourth-order valence-corrected chi connectivity index (χ4v) is 5.21. The fourth-order valence-electron chi connectivity index (χ4n) is 5.21. The lowest BCUT2D eigenvalue weighted by Gasteiger charge is -2.36. The van der Waals surface area contributed by atoms with E-state index < -0.39 is 0 Å². The van der Waals surface area contributed by atoms with Crippen LogP contribution in [0.25, 0.3) is 0 Å². The van der Waals surface area contributed by atoms with Crippen molar-refractivity contribution in [3.8, 4) is 0 Å². The summed E-state index contributed by atoms with van der Waals surface area (Å²) in [4.78, 5) is 26.4. The molecule has 0 bridgehead atoms. The molecule has 0 spiro atoms. The molecule has 0 heterocycles. The van der Waals surface area contributed by atoms with Crippen LogP contribution in [0.15, 0.2) is 48.5 Å². The second-order valence-electron chi connectivity index (χ2n) is 9.67. The Morgan fingerprint density at radius 2 is 1.62 bits per heavy atom. The van der Waals surface area contributed by atoms with E-state index in [-0.39, 0.29) is 17.9 Å². The molecule has 184 valence electrons. The number of nitrogens with zero attached hydrogens (tertiary/aromatic N) is 1. The van der Waals surface area contributed by atoms with Gasteiger partial charge in [0.05, 0.1) is 0 Å². The molecule has 34 heavy (non-hydrogen) atoms. The van der Waals surface area contributed by atoms with Crippen LogP contribution >= 0.6 is 0 Å². The van der Waals surface area contributed by atoms with Gasteiger partial charge < -0.3 is 10.2 Å². The largest absolute Gasteiger partial charge is 0.339 e. The molecular formula is C30H42N2O2. The van der Waals surface area contributed by atoms with Crippen LogP contribution in [0.2, 0.25) is 0 Å². The zero-order chi connectivity index (χ0) is 24.2. The van der Waals surface area contributed by atoms with E-state index in [0.29, 0.717) is 6.42 Å². The van der Waals surface area contributed by atoms with Crippen molar-refractivity contribution in [1.82, 2.24) is 4.90 Å². The quantitative estimate of drug-likeness (QED) is 0.336. The number of carbonyl (C=O) groups excluding carboxylic acids is 2. The molecule has 2 aromatic rings. The molecule has 1 aliphatic carbocycles. The first kappa shape index (κ1) is 26.0. The zero-order valence-corrected chi connectivity index (χ0v) is 21.2. The molecule has 1 unspecified atom stereocenters. The summed E-state index contributed by atoms with van der Waals surface area (Å²) in [5.41, 5.74) is 4.89. The van der Waals surface area contributed by atoms with Crippen LogP contribution in [0, 0.1) is 0 Å². The summed E-state index contributed by atoms with van der Waals surface area (Å²) in [7, 11) is 0. The lowest BCUT2D eigenvalue weighted by molar-refractivity contribution is -0.133. The Bertz CT molecular complexity index is 909. The lowest BCUT2D eigenvalue weighted by Crippen LogP contribution is -2.43. The van der Waals surface area contributed by atoms with Gasteiger partial charge in [0.1, 0.15) is 0 Å². The van der Waals surface area contributed by atoms with E-state index in [1.165, 1.54) is 61.6 Å². The summed E-state index contributed by atoms with van der Waals surface area (Å²) in [6.45, 7) is 4.39. The normalized spacial score (nSPS) is 14.9. The number of unbranched alkanes of at least 4 members (excludes halogenated alkanes) is 6. The van der Waals surface area contributed by atoms with Crippen LogP contribution in [-0.2, 0) is 28.9 Å². The maximum absolute atomic E-state index is 12.8. The molecule has 0 saturated heterocycles. The van der Waals surface area contributed by atoms with E-state index >= 15 is 0 Å². The predicted molar refractivity (Wildman–Crippen MR) is 141 cm³/mol. The number of benzene rings is 2. The molecule has 2 amide bonds. The molecule has 0 aliphatic heterocycles. The maximum atomic E-state index is 12.8. The third-order valence-corrected chi connectivity index (χ3v) is 7.04. The van der Waals surface area contributed by atoms with Gasteiger partial charge in [-0.3, -0.25) is 9.59 Å². The first-order chi connectivity index (χ1) is 16.6. The highest BCUT2D eigenvalue weighted by Crippen LogP contribution is 2.30. The number of nitrogens with one attached hydrogen (secondary N) is 1. The van der Waals surface area contributed by atoms with Gasteiger partial charge >= 0.3 is 0 Å². The lowest BCUT2D eigenvalue weighted by atomic mass is 9.86. The van der Waals surface area contributed by atoms with Crippen molar-refractivity contribution in [2.24, 2.45) is 0 Å². The topological polar surface area (TPSA) is 49.4 Å². The molecular weight excluding hydrogens is 420 g/mol. The summed E-state index contributed by atoms with van der Waals surface area (Å²) < 4.78 is 0. The van der Waals surface area contributed by atoms with E-state index in [4.69, 9.17) is 0 Å². The minimum absolute atomic E-state index is 0.0329. The molecule has 0 radical (unpaired) electrons. The van der Waals surface area contributed by atoms with Gasteiger partial charge in [-0.05, 0) is 61.3 Å². The van der Waals surface area contributed by atoms with Crippen molar-refractivity contribution in [1.29, 1.82) is 0 Å². The summed E-state index contributed by atoms with van der Waals surface area (Å²) in [6, 6.07) is 17.2. The number of aryl methyl sites for hydroxylation is 1. The standard InChI is InChI=1S/C30H42N2O2/c1-3-30(34)32(22-13-8-6-4-5-7-10-15-25-16-11-9-12-17-25)27-20-21-28-26(23-27)18-14-19-29(28)31-24(2)33/h9,11-12,14,16-19,27H,3-8,10,13,15,20-23H2,1-2H3,(H,31,33). The van der Waals surface area contributed by atoms with Crippen LogP contribution < -0.4 is 5.32 Å². The van der Waals surface area contributed by atoms with Gasteiger partial charge in [-0.2, -0.15) is 0 Å².